The van der Waals surface area contributed by atoms with Gasteiger partial charge in [0.15, 0.2) is 0 Å². The van der Waals surface area contributed by atoms with Crippen LogP contribution in [0, 0.1) is 0 Å². The van der Waals surface area contributed by atoms with Crippen LogP contribution in [0.1, 0.15) is 50.2 Å². The Morgan fingerprint density at radius 2 is 2.20 bits per heavy atom. The lowest BCUT2D eigenvalue weighted by atomic mass is 9.90. The normalized spacial score (nSPS) is 15.8. The summed E-state index contributed by atoms with van der Waals surface area (Å²) in [6.07, 6.45) is 5.13. The van der Waals surface area contributed by atoms with Crippen LogP contribution >= 0.6 is 0 Å². The highest BCUT2D eigenvalue weighted by molar-refractivity contribution is 6.02. The number of rotatable bonds is 5. The summed E-state index contributed by atoms with van der Waals surface area (Å²) in [5, 5.41) is 4.06. The second kappa shape index (κ2) is 7.08. The molecule has 4 heteroatoms. The third kappa shape index (κ3) is 3.59. The van der Waals surface area contributed by atoms with Crippen molar-refractivity contribution < 1.29 is 14.4 Å². The first kappa shape index (κ1) is 14.6. The van der Waals surface area contributed by atoms with Crippen molar-refractivity contribution in [3.05, 3.63) is 29.3 Å². The SMILES string of the molecule is CCCCC(=O)O/N=C1\CCCc2cc(OC)ccc21. The molecule has 1 aromatic carbocycles. The average Bonchev–Trinajstić information content (AvgIpc) is 2.50. The molecule has 0 spiro atoms. The Morgan fingerprint density at radius 1 is 1.35 bits per heavy atom. The highest BCUT2D eigenvalue weighted by atomic mass is 16.7. The Morgan fingerprint density at radius 3 is 2.95 bits per heavy atom. The third-order valence-electron chi connectivity index (χ3n) is 3.48. The molecule has 0 bridgehead atoms. The lowest BCUT2D eigenvalue weighted by Crippen LogP contribution is -2.13. The van der Waals surface area contributed by atoms with Gasteiger partial charge in [0.2, 0.25) is 0 Å². The van der Waals surface area contributed by atoms with Gasteiger partial charge in [-0.1, -0.05) is 18.5 Å². The fourth-order valence-electron chi connectivity index (χ4n) is 2.33. The van der Waals surface area contributed by atoms with Gasteiger partial charge in [0.1, 0.15) is 5.75 Å². The highest BCUT2D eigenvalue weighted by Crippen LogP contribution is 2.26. The van der Waals surface area contributed by atoms with E-state index in [-0.39, 0.29) is 5.97 Å². The van der Waals surface area contributed by atoms with Crippen molar-refractivity contribution in [3.63, 3.8) is 0 Å². The number of fused-ring (bicyclic) bond motifs is 1. The van der Waals surface area contributed by atoms with Gasteiger partial charge in [-0.25, -0.2) is 4.79 Å². The molecule has 0 unspecified atom stereocenters. The van der Waals surface area contributed by atoms with Crippen molar-refractivity contribution in [2.45, 2.75) is 45.4 Å². The topological polar surface area (TPSA) is 47.9 Å². The number of carbonyl (C=O) groups excluding carboxylic acids is 1. The van der Waals surface area contributed by atoms with Gasteiger partial charge in [-0.3, -0.25) is 0 Å². The van der Waals surface area contributed by atoms with E-state index in [1.54, 1.807) is 7.11 Å². The van der Waals surface area contributed by atoms with Crippen LogP contribution in [0.4, 0.5) is 0 Å². The maximum Gasteiger partial charge on any atom is 0.335 e. The lowest BCUT2D eigenvalue weighted by Gasteiger charge is -2.17. The van der Waals surface area contributed by atoms with Gasteiger partial charge >= 0.3 is 5.97 Å². The molecular formula is C16H21NO3. The van der Waals surface area contributed by atoms with E-state index < -0.39 is 0 Å². The zero-order chi connectivity index (χ0) is 14.4. The number of oxime groups is 1. The molecule has 0 heterocycles. The number of carbonyl (C=O) groups is 1. The molecule has 0 amide bonds. The minimum absolute atomic E-state index is 0.250. The Kier molecular flexibility index (Phi) is 5.16. The number of unbranched alkanes of at least 4 members (excludes halogenated alkanes) is 1. The molecule has 20 heavy (non-hydrogen) atoms. The van der Waals surface area contributed by atoms with Crippen molar-refractivity contribution in [1.82, 2.24) is 0 Å². The predicted octanol–water partition coefficient (Wildman–Crippen LogP) is 3.47. The molecule has 0 saturated carbocycles. The van der Waals surface area contributed by atoms with E-state index in [4.69, 9.17) is 9.57 Å². The number of hydrogen-bond acceptors (Lipinski definition) is 4. The van der Waals surface area contributed by atoms with E-state index in [9.17, 15) is 4.79 Å². The second-order valence-electron chi connectivity index (χ2n) is 4.98. The number of hydrogen-bond donors (Lipinski definition) is 0. The summed E-state index contributed by atoms with van der Waals surface area (Å²) in [5.74, 6) is 0.602. The molecule has 108 valence electrons. The standard InChI is InChI=1S/C16H21NO3/c1-3-4-8-16(18)20-17-15-7-5-6-12-11-13(19-2)9-10-14(12)15/h9-11H,3-8H2,1-2H3/b17-15+. The summed E-state index contributed by atoms with van der Waals surface area (Å²) in [6.45, 7) is 2.05. The second-order valence-corrected chi connectivity index (χ2v) is 4.98. The maximum absolute atomic E-state index is 11.5. The van der Waals surface area contributed by atoms with Crippen LogP contribution in [0.5, 0.6) is 5.75 Å². The first-order chi connectivity index (χ1) is 9.74. The molecule has 4 nitrogen and oxygen atoms in total. The fourth-order valence-corrected chi connectivity index (χ4v) is 2.33. The minimum atomic E-state index is -0.250. The first-order valence-electron chi connectivity index (χ1n) is 7.18. The summed E-state index contributed by atoms with van der Waals surface area (Å²) in [7, 11) is 1.66. The monoisotopic (exact) mass is 275 g/mol. The van der Waals surface area contributed by atoms with Crippen LogP contribution in [0.2, 0.25) is 0 Å². The van der Waals surface area contributed by atoms with Crippen LogP contribution in [0.3, 0.4) is 0 Å². The van der Waals surface area contributed by atoms with Crippen molar-refractivity contribution in [1.29, 1.82) is 0 Å². The van der Waals surface area contributed by atoms with Gasteiger partial charge in [0.25, 0.3) is 0 Å². The summed E-state index contributed by atoms with van der Waals surface area (Å²) in [4.78, 5) is 16.5. The third-order valence-corrected chi connectivity index (χ3v) is 3.48. The van der Waals surface area contributed by atoms with E-state index in [2.05, 4.69) is 5.16 Å². The molecule has 0 atom stereocenters. The number of methoxy groups -OCH3 is 1. The molecule has 0 saturated heterocycles. The van der Waals surface area contributed by atoms with E-state index in [1.807, 2.05) is 25.1 Å². The molecule has 0 aromatic heterocycles. The van der Waals surface area contributed by atoms with Gasteiger partial charge in [-0.2, -0.15) is 0 Å². The zero-order valence-electron chi connectivity index (χ0n) is 12.1. The fraction of sp³-hybridized carbons (Fsp3) is 0.500. The molecular weight excluding hydrogens is 254 g/mol. The van der Waals surface area contributed by atoms with Crippen LogP contribution in [0.15, 0.2) is 23.4 Å². The smallest absolute Gasteiger partial charge is 0.335 e. The Labute approximate surface area is 119 Å². The number of benzene rings is 1. The Hall–Kier alpha value is -1.84. The van der Waals surface area contributed by atoms with Crippen LogP contribution < -0.4 is 4.74 Å². The molecule has 0 radical (unpaired) electrons. The van der Waals surface area contributed by atoms with Gasteiger partial charge < -0.3 is 9.57 Å². The van der Waals surface area contributed by atoms with Gasteiger partial charge in [0.05, 0.1) is 12.8 Å². The predicted molar refractivity (Wildman–Crippen MR) is 78.1 cm³/mol. The van der Waals surface area contributed by atoms with Gasteiger partial charge in [0, 0.05) is 12.0 Å². The van der Waals surface area contributed by atoms with E-state index in [0.717, 1.165) is 49.1 Å². The molecule has 1 aromatic rings. The van der Waals surface area contributed by atoms with Crippen molar-refractivity contribution >= 4 is 11.7 Å². The summed E-state index contributed by atoms with van der Waals surface area (Å²) in [5.41, 5.74) is 3.14. The molecule has 0 fully saturated rings. The molecule has 1 aliphatic rings. The van der Waals surface area contributed by atoms with Crippen molar-refractivity contribution in [2.75, 3.05) is 7.11 Å². The lowest BCUT2D eigenvalue weighted by molar-refractivity contribution is -0.143. The summed E-state index contributed by atoms with van der Waals surface area (Å²) >= 11 is 0. The van der Waals surface area contributed by atoms with Crippen molar-refractivity contribution in [2.24, 2.45) is 5.16 Å². The molecule has 1 aliphatic carbocycles. The molecule has 0 aliphatic heterocycles. The minimum Gasteiger partial charge on any atom is -0.497 e. The number of aryl methyl sites for hydroxylation is 1. The first-order valence-corrected chi connectivity index (χ1v) is 7.18. The largest absolute Gasteiger partial charge is 0.497 e. The Balaban J connectivity index is 2.09. The zero-order valence-corrected chi connectivity index (χ0v) is 12.1. The van der Waals surface area contributed by atoms with E-state index >= 15 is 0 Å². The molecule has 0 N–H and O–H groups in total. The van der Waals surface area contributed by atoms with Gasteiger partial charge in [-0.05, 0) is 49.4 Å². The Bertz CT molecular complexity index is 508. The van der Waals surface area contributed by atoms with Gasteiger partial charge in [-0.15, -0.1) is 0 Å². The maximum atomic E-state index is 11.5. The summed E-state index contributed by atoms with van der Waals surface area (Å²) < 4.78 is 5.23. The van der Waals surface area contributed by atoms with Crippen LogP contribution in [-0.2, 0) is 16.1 Å². The van der Waals surface area contributed by atoms with E-state index in [0.29, 0.717) is 6.42 Å². The highest BCUT2D eigenvalue weighted by Gasteiger charge is 2.17. The van der Waals surface area contributed by atoms with Crippen molar-refractivity contribution in [3.8, 4) is 5.75 Å². The quantitative estimate of drug-likeness (QED) is 0.610. The van der Waals surface area contributed by atoms with E-state index in [1.165, 1.54) is 5.56 Å². The van der Waals surface area contributed by atoms with Crippen LogP contribution in [-0.4, -0.2) is 18.8 Å². The number of nitrogens with zero attached hydrogens (tertiary/aromatic N) is 1. The molecule has 2 rings (SSSR count). The summed E-state index contributed by atoms with van der Waals surface area (Å²) in [6, 6.07) is 5.94. The average molecular weight is 275 g/mol. The van der Waals surface area contributed by atoms with Crippen LogP contribution in [0.25, 0.3) is 0 Å². The number of ether oxygens (including phenoxy) is 1.